The standard InChI is InChI=1S/C23H40O.C4H10/c1-16(2)17(3)15-19-11-12-20-22(8,18(19)4)13-10-14-23(20,9)24-21(5,6)7;1-4(2)3/h15-16,20H,10-14H2,1-9H3;4H,1-3H3/b17-15+;. The number of allylic oxidation sites excluding steroid dienone is 4. The van der Waals surface area contributed by atoms with Gasteiger partial charge in [-0.2, -0.15) is 0 Å². The molecule has 0 aromatic carbocycles. The van der Waals surface area contributed by atoms with Crippen LogP contribution >= 0.6 is 0 Å². The third-order valence-corrected chi connectivity index (χ3v) is 6.77. The van der Waals surface area contributed by atoms with Gasteiger partial charge >= 0.3 is 0 Å². The Balaban J connectivity index is 0.000000892. The van der Waals surface area contributed by atoms with Crippen LogP contribution in [0.1, 0.15) is 115 Å². The first kappa shape index (κ1) is 25.5. The molecule has 3 unspecified atom stereocenters. The molecule has 0 heterocycles. The number of fused-ring (bicyclic) bond motifs is 1. The summed E-state index contributed by atoms with van der Waals surface area (Å²) >= 11 is 0. The van der Waals surface area contributed by atoms with Gasteiger partial charge in [0.05, 0.1) is 11.2 Å². The average Bonchev–Trinajstić information content (AvgIpc) is 2.48. The van der Waals surface area contributed by atoms with Crippen molar-refractivity contribution in [1.82, 2.24) is 0 Å². The van der Waals surface area contributed by atoms with Crippen molar-refractivity contribution < 1.29 is 4.74 Å². The first-order valence-electron chi connectivity index (χ1n) is 11.7. The van der Waals surface area contributed by atoms with E-state index < -0.39 is 0 Å². The normalized spacial score (nSPS) is 31.6. The third kappa shape index (κ3) is 6.48. The molecule has 0 radical (unpaired) electrons. The Morgan fingerprint density at radius 1 is 1.07 bits per heavy atom. The highest BCUT2D eigenvalue weighted by atomic mass is 16.5. The fourth-order valence-corrected chi connectivity index (χ4v) is 5.20. The molecule has 2 aliphatic carbocycles. The second-order valence-electron chi connectivity index (χ2n) is 11.8. The largest absolute Gasteiger partial charge is 0.369 e. The first-order chi connectivity index (χ1) is 12.6. The van der Waals surface area contributed by atoms with Gasteiger partial charge < -0.3 is 4.74 Å². The molecule has 0 N–H and O–H groups in total. The van der Waals surface area contributed by atoms with E-state index in [1.807, 2.05) is 0 Å². The van der Waals surface area contributed by atoms with Gasteiger partial charge in [0.15, 0.2) is 0 Å². The van der Waals surface area contributed by atoms with Gasteiger partial charge in [-0.25, -0.2) is 0 Å². The molecule has 164 valence electrons. The zero-order valence-electron chi connectivity index (χ0n) is 21.3. The van der Waals surface area contributed by atoms with Crippen LogP contribution in [-0.4, -0.2) is 11.2 Å². The fraction of sp³-hybridized carbons (Fsp3) is 0.852. The summed E-state index contributed by atoms with van der Waals surface area (Å²) in [5.74, 6) is 2.10. The number of rotatable bonds is 3. The Labute approximate surface area is 177 Å². The SMILES string of the molecule is CC(C)C.CC1=C(/C=C(\C)C(C)C)CCC2C(C)(OC(C)(C)C)CCCC12C. The molecule has 0 spiro atoms. The van der Waals surface area contributed by atoms with Crippen LogP contribution in [0.15, 0.2) is 22.8 Å². The predicted molar refractivity (Wildman–Crippen MR) is 126 cm³/mol. The maximum Gasteiger partial charge on any atom is 0.0698 e. The van der Waals surface area contributed by atoms with Crippen molar-refractivity contribution in [1.29, 1.82) is 0 Å². The van der Waals surface area contributed by atoms with Crippen molar-refractivity contribution in [2.45, 2.75) is 126 Å². The van der Waals surface area contributed by atoms with Crippen LogP contribution in [0.3, 0.4) is 0 Å². The number of ether oxygens (including phenoxy) is 1. The minimum Gasteiger partial charge on any atom is -0.369 e. The molecule has 0 aliphatic heterocycles. The second kappa shape index (κ2) is 9.50. The minimum absolute atomic E-state index is 0.00878. The molecule has 1 fully saturated rings. The Hall–Kier alpha value is -0.560. The summed E-state index contributed by atoms with van der Waals surface area (Å²) in [6, 6.07) is 0. The molecule has 1 saturated carbocycles. The van der Waals surface area contributed by atoms with E-state index in [9.17, 15) is 0 Å². The van der Waals surface area contributed by atoms with Crippen molar-refractivity contribution in [3.05, 3.63) is 22.8 Å². The quantitative estimate of drug-likeness (QED) is 0.468. The molecule has 28 heavy (non-hydrogen) atoms. The summed E-state index contributed by atoms with van der Waals surface area (Å²) in [6.07, 6.45) is 8.74. The Morgan fingerprint density at radius 2 is 1.61 bits per heavy atom. The van der Waals surface area contributed by atoms with Gasteiger partial charge in [-0.15, -0.1) is 0 Å². The highest BCUT2D eigenvalue weighted by Crippen LogP contribution is 2.58. The number of hydrogen-bond acceptors (Lipinski definition) is 1. The topological polar surface area (TPSA) is 9.23 Å². The summed E-state index contributed by atoms with van der Waals surface area (Å²) in [7, 11) is 0. The van der Waals surface area contributed by atoms with E-state index in [-0.39, 0.29) is 11.2 Å². The highest BCUT2D eigenvalue weighted by Gasteiger charge is 2.53. The van der Waals surface area contributed by atoms with Crippen molar-refractivity contribution in [2.24, 2.45) is 23.2 Å². The van der Waals surface area contributed by atoms with Gasteiger partial charge in [-0.05, 0) is 102 Å². The van der Waals surface area contributed by atoms with E-state index in [1.54, 1.807) is 11.1 Å². The van der Waals surface area contributed by atoms with E-state index >= 15 is 0 Å². The summed E-state index contributed by atoms with van der Waals surface area (Å²) in [5.41, 5.74) is 4.96. The Kier molecular flexibility index (Phi) is 8.64. The Morgan fingerprint density at radius 3 is 2.07 bits per heavy atom. The van der Waals surface area contributed by atoms with Crippen molar-refractivity contribution >= 4 is 0 Å². The molecule has 1 nitrogen and oxygen atoms in total. The van der Waals surface area contributed by atoms with E-state index in [0.29, 0.717) is 17.3 Å². The lowest BCUT2D eigenvalue weighted by molar-refractivity contribution is -0.191. The number of hydrogen-bond donors (Lipinski definition) is 0. The summed E-state index contributed by atoms with van der Waals surface area (Å²) < 4.78 is 6.67. The fourth-order valence-electron chi connectivity index (χ4n) is 5.20. The summed E-state index contributed by atoms with van der Waals surface area (Å²) in [6.45, 7) is 27.3. The van der Waals surface area contributed by atoms with Gasteiger partial charge in [0, 0.05) is 0 Å². The van der Waals surface area contributed by atoms with Crippen LogP contribution in [0.4, 0.5) is 0 Å². The first-order valence-corrected chi connectivity index (χ1v) is 11.7. The zero-order chi connectivity index (χ0) is 21.9. The van der Waals surface area contributed by atoms with E-state index in [1.165, 1.54) is 37.7 Å². The Bertz CT molecular complexity index is 569. The molecule has 0 aromatic heterocycles. The predicted octanol–water partition coefficient (Wildman–Crippen LogP) is 8.74. The molecule has 0 bridgehead atoms. The molecule has 0 saturated heterocycles. The van der Waals surface area contributed by atoms with Gasteiger partial charge in [0.2, 0.25) is 0 Å². The average molecular weight is 391 g/mol. The van der Waals surface area contributed by atoms with Crippen LogP contribution < -0.4 is 0 Å². The van der Waals surface area contributed by atoms with Crippen molar-refractivity contribution in [3.8, 4) is 0 Å². The maximum absolute atomic E-state index is 6.67. The molecule has 1 heteroatoms. The smallest absolute Gasteiger partial charge is 0.0698 e. The van der Waals surface area contributed by atoms with Crippen LogP contribution in [0.2, 0.25) is 0 Å². The summed E-state index contributed by atoms with van der Waals surface area (Å²) in [4.78, 5) is 0. The van der Waals surface area contributed by atoms with Gasteiger partial charge in [-0.3, -0.25) is 0 Å². The molecule has 2 aliphatic rings. The van der Waals surface area contributed by atoms with E-state index in [4.69, 9.17) is 4.74 Å². The maximum atomic E-state index is 6.67. The monoisotopic (exact) mass is 390 g/mol. The van der Waals surface area contributed by atoms with Crippen LogP contribution in [0.25, 0.3) is 0 Å². The van der Waals surface area contributed by atoms with Crippen molar-refractivity contribution in [2.75, 3.05) is 0 Å². The lowest BCUT2D eigenvalue weighted by atomic mass is 9.53. The van der Waals surface area contributed by atoms with Crippen molar-refractivity contribution in [3.63, 3.8) is 0 Å². The zero-order valence-corrected chi connectivity index (χ0v) is 21.3. The molecule has 3 atom stereocenters. The van der Waals surface area contributed by atoms with Crippen LogP contribution in [-0.2, 0) is 4.74 Å². The molecular weight excluding hydrogens is 340 g/mol. The van der Waals surface area contributed by atoms with Crippen LogP contribution in [0, 0.1) is 23.2 Å². The highest BCUT2D eigenvalue weighted by molar-refractivity contribution is 5.36. The van der Waals surface area contributed by atoms with Crippen LogP contribution in [0.5, 0.6) is 0 Å². The lowest BCUT2D eigenvalue weighted by Crippen LogP contribution is -2.54. The molecular formula is C27H50O. The molecule has 0 amide bonds. The van der Waals surface area contributed by atoms with Gasteiger partial charge in [0.1, 0.15) is 0 Å². The summed E-state index contributed by atoms with van der Waals surface area (Å²) in [5, 5.41) is 0. The molecule has 2 rings (SSSR count). The van der Waals surface area contributed by atoms with Gasteiger partial charge in [-0.1, -0.05) is 58.8 Å². The second-order valence-corrected chi connectivity index (χ2v) is 11.8. The molecule has 0 aromatic rings. The van der Waals surface area contributed by atoms with E-state index in [0.717, 1.165) is 5.92 Å². The van der Waals surface area contributed by atoms with E-state index in [2.05, 4.69) is 89.2 Å². The minimum atomic E-state index is -0.0704. The van der Waals surface area contributed by atoms with Gasteiger partial charge in [0.25, 0.3) is 0 Å². The third-order valence-electron chi connectivity index (χ3n) is 6.77. The lowest BCUT2D eigenvalue weighted by Gasteiger charge is -2.56.